The van der Waals surface area contributed by atoms with E-state index in [4.69, 9.17) is 4.74 Å². The van der Waals surface area contributed by atoms with Crippen LogP contribution in [-0.4, -0.2) is 42.1 Å². The van der Waals surface area contributed by atoms with Gasteiger partial charge in [0.05, 0.1) is 17.1 Å². The zero-order chi connectivity index (χ0) is 28.9. The molecule has 5 rings (SSSR count). The van der Waals surface area contributed by atoms with Gasteiger partial charge in [-0.1, -0.05) is 36.4 Å². The van der Waals surface area contributed by atoms with Crippen molar-refractivity contribution in [3.8, 4) is 22.6 Å². The van der Waals surface area contributed by atoms with Crippen molar-refractivity contribution in [2.45, 2.75) is 20.0 Å². The quantitative estimate of drug-likeness (QED) is 0.228. The van der Waals surface area contributed by atoms with Gasteiger partial charge in [0.15, 0.2) is 6.10 Å². The molecule has 0 radical (unpaired) electrons. The molecule has 1 N–H and O–H groups in total. The fourth-order valence-electron chi connectivity index (χ4n) is 4.31. The Morgan fingerprint density at radius 2 is 1.66 bits per heavy atom. The summed E-state index contributed by atoms with van der Waals surface area (Å²) in [5, 5.41) is 7.31. The van der Waals surface area contributed by atoms with Gasteiger partial charge < -0.3 is 10.1 Å². The number of hydrogen-bond donors (Lipinski definition) is 1. The molecule has 5 aromatic rings. The molecule has 0 spiro atoms. The van der Waals surface area contributed by atoms with Gasteiger partial charge in [-0.3, -0.25) is 19.3 Å². The number of carbonyl (C=O) groups excluding carboxylic acids is 2. The lowest BCUT2D eigenvalue weighted by molar-refractivity contribution is -0.148. The number of carbonyl (C=O) groups is 2. The standard InChI is InChI=1S/C31H28N6O4/c1-21-28(31(40)37(35(21)3)26-14-8-5-9-15-26)33-30(39)22(2)41-27(38)17-16-24-20-36(25-12-6-4-7-13-25)34-29(24)23-11-10-18-32-19-23/h4-20,22H,1-3H3,(H,33,39). The second-order valence-electron chi connectivity index (χ2n) is 9.29. The van der Waals surface area contributed by atoms with Crippen LogP contribution in [0.1, 0.15) is 18.2 Å². The van der Waals surface area contributed by atoms with Crippen LogP contribution >= 0.6 is 0 Å². The van der Waals surface area contributed by atoms with Crippen molar-refractivity contribution in [2.75, 3.05) is 5.32 Å². The summed E-state index contributed by atoms with van der Waals surface area (Å²) >= 11 is 0. The van der Waals surface area contributed by atoms with Crippen LogP contribution in [0.3, 0.4) is 0 Å². The second kappa shape index (κ2) is 11.7. The number of amides is 1. The number of anilines is 1. The van der Waals surface area contributed by atoms with Gasteiger partial charge in [0.25, 0.3) is 11.5 Å². The number of esters is 1. The highest BCUT2D eigenvalue weighted by Crippen LogP contribution is 2.24. The molecule has 0 saturated carbocycles. The Bertz CT molecular complexity index is 1770. The van der Waals surface area contributed by atoms with Crippen molar-refractivity contribution < 1.29 is 14.3 Å². The lowest BCUT2D eigenvalue weighted by Crippen LogP contribution is -2.31. The summed E-state index contributed by atoms with van der Waals surface area (Å²) < 4.78 is 10.2. The maximum Gasteiger partial charge on any atom is 0.331 e. The van der Waals surface area contributed by atoms with Crippen LogP contribution in [0.25, 0.3) is 28.7 Å². The zero-order valence-corrected chi connectivity index (χ0v) is 22.8. The predicted molar refractivity (Wildman–Crippen MR) is 156 cm³/mol. The fourth-order valence-corrected chi connectivity index (χ4v) is 4.31. The summed E-state index contributed by atoms with van der Waals surface area (Å²) in [6.07, 6.45) is 6.84. The molecule has 0 fully saturated rings. The first-order valence-corrected chi connectivity index (χ1v) is 12.9. The lowest BCUT2D eigenvalue weighted by Gasteiger charge is -2.11. The highest BCUT2D eigenvalue weighted by atomic mass is 16.5. The first kappa shape index (κ1) is 27.1. The number of pyridine rings is 1. The van der Waals surface area contributed by atoms with Gasteiger partial charge >= 0.3 is 5.97 Å². The molecule has 41 heavy (non-hydrogen) atoms. The maximum atomic E-state index is 13.1. The van der Waals surface area contributed by atoms with Crippen LogP contribution in [-0.2, 0) is 21.4 Å². The number of ether oxygens (including phenoxy) is 1. The van der Waals surface area contributed by atoms with Crippen molar-refractivity contribution in [1.82, 2.24) is 24.1 Å². The summed E-state index contributed by atoms with van der Waals surface area (Å²) in [6, 6.07) is 22.4. The number of hydrogen-bond acceptors (Lipinski definition) is 6. The summed E-state index contributed by atoms with van der Waals surface area (Å²) in [6.45, 7) is 3.18. The normalized spacial score (nSPS) is 11.9. The topological polar surface area (TPSA) is 113 Å². The highest BCUT2D eigenvalue weighted by molar-refractivity contribution is 5.97. The largest absolute Gasteiger partial charge is 0.449 e. The van der Waals surface area contributed by atoms with Crippen LogP contribution in [0.15, 0.2) is 102 Å². The van der Waals surface area contributed by atoms with E-state index in [1.54, 1.807) is 60.1 Å². The molecule has 0 aliphatic heterocycles. The van der Waals surface area contributed by atoms with E-state index in [-0.39, 0.29) is 11.2 Å². The van der Waals surface area contributed by atoms with Crippen LogP contribution in [0.5, 0.6) is 0 Å². The molecule has 1 amide bonds. The molecule has 10 heteroatoms. The van der Waals surface area contributed by atoms with Crippen molar-refractivity contribution in [3.63, 3.8) is 0 Å². The van der Waals surface area contributed by atoms with Crippen LogP contribution in [0.4, 0.5) is 5.69 Å². The summed E-state index contributed by atoms with van der Waals surface area (Å²) in [5.41, 5.74) is 3.88. The van der Waals surface area contributed by atoms with E-state index in [1.807, 2.05) is 60.7 Å². The molecule has 206 valence electrons. The fraction of sp³-hybridized carbons (Fsp3) is 0.129. The number of rotatable bonds is 8. The Morgan fingerprint density at radius 1 is 0.976 bits per heavy atom. The predicted octanol–water partition coefficient (Wildman–Crippen LogP) is 4.32. The van der Waals surface area contributed by atoms with E-state index in [9.17, 15) is 14.4 Å². The smallest absolute Gasteiger partial charge is 0.331 e. The highest BCUT2D eigenvalue weighted by Gasteiger charge is 2.23. The molecule has 10 nitrogen and oxygen atoms in total. The van der Waals surface area contributed by atoms with E-state index >= 15 is 0 Å². The second-order valence-corrected chi connectivity index (χ2v) is 9.29. The molecular formula is C31H28N6O4. The van der Waals surface area contributed by atoms with Gasteiger partial charge in [0.2, 0.25) is 0 Å². The third-order valence-corrected chi connectivity index (χ3v) is 6.56. The Hall–Kier alpha value is -5.51. The third kappa shape index (κ3) is 5.76. The Balaban J connectivity index is 1.31. The first-order chi connectivity index (χ1) is 19.8. The van der Waals surface area contributed by atoms with Gasteiger partial charge in [-0.25, -0.2) is 14.2 Å². The molecule has 3 heterocycles. The van der Waals surface area contributed by atoms with Crippen LogP contribution in [0, 0.1) is 6.92 Å². The van der Waals surface area contributed by atoms with Gasteiger partial charge in [0.1, 0.15) is 11.4 Å². The Morgan fingerprint density at radius 3 is 2.32 bits per heavy atom. The lowest BCUT2D eigenvalue weighted by atomic mass is 10.1. The van der Waals surface area contributed by atoms with Crippen LogP contribution < -0.4 is 10.9 Å². The molecule has 0 bridgehead atoms. The van der Waals surface area contributed by atoms with Crippen molar-refractivity contribution in [3.05, 3.63) is 119 Å². The minimum atomic E-state index is -1.15. The van der Waals surface area contributed by atoms with E-state index < -0.39 is 18.0 Å². The minimum absolute atomic E-state index is 0.120. The summed E-state index contributed by atoms with van der Waals surface area (Å²) in [4.78, 5) is 42.9. The number of nitrogens with zero attached hydrogens (tertiary/aromatic N) is 5. The van der Waals surface area contributed by atoms with Gasteiger partial charge in [-0.15, -0.1) is 0 Å². The number of aromatic nitrogens is 5. The Kier molecular flexibility index (Phi) is 7.73. The first-order valence-electron chi connectivity index (χ1n) is 12.9. The zero-order valence-electron chi connectivity index (χ0n) is 22.8. The number of para-hydroxylation sites is 2. The molecule has 3 aromatic heterocycles. The molecular weight excluding hydrogens is 520 g/mol. The number of benzene rings is 2. The van der Waals surface area contributed by atoms with Gasteiger partial charge in [-0.05, 0) is 56.3 Å². The summed E-state index contributed by atoms with van der Waals surface area (Å²) in [7, 11) is 1.73. The van der Waals surface area contributed by atoms with Crippen molar-refractivity contribution in [1.29, 1.82) is 0 Å². The average molecular weight is 549 g/mol. The van der Waals surface area contributed by atoms with Crippen molar-refractivity contribution >= 4 is 23.6 Å². The van der Waals surface area contributed by atoms with Gasteiger partial charge in [0, 0.05) is 42.8 Å². The SMILES string of the molecule is Cc1c(NC(=O)C(C)OC(=O)C=Cc2cn(-c3ccccc3)nc2-c2cccnc2)c(=O)n(-c2ccccc2)n1C. The van der Waals surface area contributed by atoms with E-state index in [2.05, 4.69) is 15.4 Å². The average Bonchev–Trinajstić information content (AvgIpc) is 3.52. The number of nitrogens with one attached hydrogen (secondary N) is 1. The van der Waals surface area contributed by atoms with E-state index in [0.29, 0.717) is 22.6 Å². The van der Waals surface area contributed by atoms with E-state index in [0.717, 1.165) is 11.3 Å². The molecule has 1 unspecified atom stereocenters. The Labute approximate surface area is 236 Å². The minimum Gasteiger partial charge on any atom is -0.449 e. The van der Waals surface area contributed by atoms with E-state index in [1.165, 1.54) is 17.7 Å². The molecule has 0 aliphatic rings. The maximum absolute atomic E-state index is 13.1. The summed E-state index contributed by atoms with van der Waals surface area (Å²) in [5.74, 6) is -1.34. The van der Waals surface area contributed by atoms with Gasteiger partial charge in [-0.2, -0.15) is 5.10 Å². The monoisotopic (exact) mass is 548 g/mol. The molecule has 1 atom stereocenters. The third-order valence-electron chi connectivity index (χ3n) is 6.56. The molecule has 0 saturated heterocycles. The molecule has 0 aliphatic carbocycles. The molecule has 2 aromatic carbocycles. The van der Waals surface area contributed by atoms with Crippen molar-refractivity contribution in [2.24, 2.45) is 7.05 Å². The van der Waals surface area contributed by atoms with Crippen LogP contribution in [0.2, 0.25) is 0 Å².